The Morgan fingerprint density at radius 1 is 1.39 bits per heavy atom. The van der Waals surface area contributed by atoms with E-state index in [-0.39, 0.29) is 18.3 Å². The number of aromatic nitrogens is 1. The first-order chi connectivity index (χ1) is 10.6. The van der Waals surface area contributed by atoms with E-state index in [0.717, 1.165) is 36.4 Å². The predicted octanol–water partition coefficient (Wildman–Crippen LogP) is 3.37. The predicted molar refractivity (Wildman–Crippen MR) is 89.6 cm³/mol. The van der Waals surface area contributed by atoms with Gasteiger partial charge in [0.05, 0.1) is 11.6 Å². The summed E-state index contributed by atoms with van der Waals surface area (Å²) >= 11 is 0. The Labute approximate surface area is 141 Å². The monoisotopic (exact) mass is 336 g/mol. The number of hydrogen-bond donors (Lipinski definition) is 1. The number of oxazole rings is 1. The van der Waals surface area contributed by atoms with Gasteiger partial charge in [0.15, 0.2) is 0 Å². The fourth-order valence-electron chi connectivity index (χ4n) is 2.89. The summed E-state index contributed by atoms with van der Waals surface area (Å²) in [6.45, 7) is 4.05. The SMILES string of the molecule is Cc1oc(-c2ccccc2)nc1CN1CCCC(C(=O)O)C1.Cl. The van der Waals surface area contributed by atoms with Crippen molar-refractivity contribution >= 4 is 18.4 Å². The van der Waals surface area contributed by atoms with E-state index >= 15 is 0 Å². The molecule has 124 valence electrons. The molecule has 0 radical (unpaired) electrons. The molecule has 1 aromatic carbocycles. The standard InChI is InChI=1S/C17H20N2O3.ClH/c1-12-15(11-19-9-5-8-14(10-19)17(20)21)18-16(22-12)13-6-3-2-4-7-13;/h2-4,6-7,14H,5,8-11H2,1H3,(H,20,21);1H. The molecule has 6 heteroatoms. The second kappa shape index (κ2) is 7.62. The third-order valence-corrected chi connectivity index (χ3v) is 4.14. The summed E-state index contributed by atoms with van der Waals surface area (Å²) in [5.41, 5.74) is 1.85. The summed E-state index contributed by atoms with van der Waals surface area (Å²) in [5.74, 6) is 0.456. The first kappa shape index (κ1) is 17.5. The molecule has 1 fully saturated rings. The van der Waals surface area contributed by atoms with Crippen LogP contribution in [0.15, 0.2) is 34.7 Å². The number of carbonyl (C=O) groups is 1. The molecule has 1 saturated heterocycles. The van der Waals surface area contributed by atoms with E-state index < -0.39 is 5.97 Å². The van der Waals surface area contributed by atoms with E-state index in [4.69, 9.17) is 9.52 Å². The molecule has 23 heavy (non-hydrogen) atoms. The first-order valence-corrected chi connectivity index (χ1v) is 7.60. The number of carboxylic acids is 1. The van der Waals surface area contributed by atoms with Crippen LogP contribution in [0.2, 0.25) is 0 Å². The minimum absolute atomic E-state index is 0. The molecule has 0 aliphatic carbocycles. The van der Waals surface area contributed by atoms with Gasteiger partial charge in [0.2, 0.25) is 5.89 Å². The van der Waals surface area contributed by atoms with Crippen molar-refractivity contribution < 1.29 is 14.3 Å². The molecule has 0 amide bonds. The third kappa shape index (κ3) is 4.12. The Kier molecular flexibility index (Phi) is 5.80. The van der Waals surface area contributed by atoms with Gasteiger partial charge in [-0.2, -0.15) is 0 Å². The van der Waals surface area contributed by atoms with Gasteiger partial charge in [-0.05, 0) is 38.4 Å². The largest absolute Gasteiger partial charge is 0.481 e. The van der Waals surface area contributed by atoms with Crippen molar-refractivity contribution in [3.8, 4) is 11.5 Å². The van der Waals surface area contributed by atoms with Gasteiger partial charge < -0.3 is 9.52 Å². The Morgan fingerprint density at radius 3 is 2.83 bits per heavy atom. The van der Waals surface area contributed by atoms with E-state index in [1.807, 2.05) is 37.3 Å². The topological polar surface area (TPSA) is 66.6 Å². The number of piperidine rings is 1. The van der Waals surface area contributed by atoms with Crippen molar-refractivity contribution in [2.45, 2.75) is 26.3 Å². The molecule has 0 spiro atoms. The van der Waals surface area contributed by atoms with Crippen LogP contribution >= 0.6 is 12.4 Å². The van der Waals surface area contributed by atoms with Crippen LogP contribution in [0.4, 0.5) is 0 Å². The Morgan fingerprint density at radius 2 is 2.13 bits per heavy atom. The highest BCUT2D eigenvalue weighted by Gasteiger charge is 2.26. The normalized spacial score (nSPS) is 18.4. The average molecular weight is 337 g/mol. The number of benzene rings is 1. The summed E-state index contributed by atoms with van der Waals surface area (Å²) in [7, 11) is 0. The number of carboxylic acid groups (broad SMARTS) is 1. The summed E-state index contributed by atoms with van der Waals surface area (Å²) < 4.78 is 5.76. The van der Waals surface area contributed by atoms with Crippen molar-refractivity contribution in [2.24, 2.45) is 5.92 Å². The molecule has 1 unspecified atom stereocenters. The van der Waals surface area contributed by atoms with Crippen LogP contribution in [0, 0.1) is 12.8 Å². The lowest BCUT2D eigenvalue weighted by Gasteiger charge is -2.29. The Hall–Kier alpha value is -1.85. The molecular formula is C17H21ClN2O3. The second-order valence-corrected chi connectivity index (χ2v) is 5.80. The summed E-state index contributed by atoms with van der Waals surface area (Å²) in [6, 6.07) is 9.81. The highest BCUT2D eigenvalue weighted by molar-refractivity contribution is 5.85. The lowest BCUT2D eigenvalue weighted by atomic mass is 9.98. The van der Waals surface area contributed by atoms with Gasteiger partial charge in [0, 0.05) is 18.7 Å². The Bertz CT molecular complexity index is 657. The third-order valence-electron chi connectivity index (χ3n) is 4.14. The summed E-state index contributed by atoms with van der Waals surface area (Å²) in [5, 5.41) is 9.17. The zero-order valence-corrected chi connectivity index (χ0v) is 13.9. The fraction of sp³-hybridized carbons (Fsp3) is 0.412. The molecule has 0 saturated carbocycles. The average Bonchev–Trinajstić information content (AvgIpc) is 2.89. The molecule has 2 aromatic rings. The van der Waals surface area contributed by atoms with Crippen LogP contribution in [0.3, 0.4) is 0 Å². The summed E-state index contributed by atoms with van der Waals surface area (Å²) in [6.07, 6.45) is 1.68. The zero-order chi connectivity index (χ0) is 15.5. The van der Waals surface area contributed by atoms with E-state index in [1.165, 1.54) is 0 Å². The number of aliphatic carboxylic acids is 1. The molecule has 0 bridgehead atoms. The smallest absolute Gasteiger partial charge is 0.307 e. The fourth-order valence-corrected chi connectivity index (χ4v) is 2.89. The van der Waals surface area contributed by atoms with Crippen molar-refractivity contribution in [3.05, 3.63) is 41.8 Å². The maximum Gasteiger partial charge on any atom is 0.307 e. The van der Waals surface area contributed by atoms with Crippen LogP contribution in [0.1, 0.15) is 24.3 Å². The van der Waals surface area contributed by atoms with Crippen molar-refractivity contribution in [3.63, 3.8) is 0 Å². The van der Waals surface area contributed by atoms with Gasteiger partial charge in [-0.25, -0.2) is 4.98 Å². The molecule has 2 heterocycles. The molecule has 1 atom stereocenters. The van der Waals surface area contributed by atoms with E-state index in [2.05, 4.69) is 9.88 Å². The maximum absolute atomic E-state index is 11.1. The maximum atomic E-state index is 11.1. The molecule has 1 N–H and O–H groups in total. The van der Waals surface area contributed by atoms with Crippen LogP contribution in [0.5, 0.6) is 0 Å². The number of halogens is 1. The number of hydrogen-bond acceptors (Lipinski definition) is 4. The van der Waals surface area contributed by atoms with Crippen LogP contribution in [-0.2, 0) is 11.3 Å². The van der Waals surface area contributed by atoms with Gasteiger partial charge in [0.1, 0.15) is 5.76 Å². The second-order valence-electron chi connectivity index (χ2n) is 5.80. The number of likely N-dealkylation sites (tertiary alicyclic amines) is 1. The molecular weight excluding hydrogens is 316 g/mol. The van der Waals surface area contributed by atoms with Gasteiger partial charge >= 0.3 is 5.97 Å². The van der Waals surface area contributed by atoms with Crippen molar-refractivity contribution in [1.82, 2.24) is 9.88 Å². The Balaban J connectivity index is 0.00000192. The molecule has 1 aliphatic heterocycles. The van der Waals surface area contributed by atoms with Crippen molar-refractivity contribution in [2.75, 3.05) is 13.1 Å². The first-order valence-electron chi connectivity index (χ1n) is 7.60. The lowest BCUT2D eigenvalue weighted by molar-refractivity contribution is -0.143. The lowest BCUT2D eigenvalue weighted by Crippen LogP contribution is -2.38. The van der Waals surface area contributed by atoms with Crippen molar-refractivity contribution in [1.29, 1.82) is 0 Å². The minimum atomic E-state index is -0.702. The molecule has 3 rings (SSSR count). The van der Waals surface area contributed by atoms with Gasteiger partial charge in [-0.15, -0.1) is 12.4 Å². The number of aryl methyl sites for hydroxylation is 1. The van der Waals surface area contributed by atoms with Crippen LogP contribution in [-0.4, -0.2) is 34.0 Å². The molecule has 1 aromatic heterocycles. The van der Waals surface area contributed by atoms with E-state index in [1.54, 1.807) is 0 Å². The van der Waals surface area contributed by atoms with Gasteiger partial charge in [0.25, 0.3) is 0 Å². The quantitative estimate of drug-likeness (QED) is 0.927. The number of rotatable bonds is 4. The number of nitrogens with zero attached hydrogens (tertiary/aromatic N) is 2. The van der Waals surface area contributed by atoms with Crippen LogP contribution < -0.4 is 0 Å². The van der Waals surface area contributed by atoms with Gasteiger partial charge in [-0.3, -0.25) is 9.69 Å². The minimum Gasteiger partial charge on any atom is -0.481 e. The highest BCUT2D eigenvalue weighted by Crippen LogP contribution is 2.24. The molecule has 1 aliphatic rings. The van der Waals surface area contributed by atoms with E-state index in [0.29, 0.717) is 19.0 Å². The highest BCUT2D eigenvalue weighted by atomic mass is 35.5. The molecule has 5 nitrogen and oxygen atoms in total. The summed E-state index contributed by atoms with van der Waals surface area (Å²) in [4.78, 5) is 17.9. The van der Waals surface area contributed by atoms with Crippen LogP contribution in [0.25, 0.3) is 11.5 Å². The van der Waals surface area contributed by atoms with Gasteiger partial charge in [-0.1, -0.05) is 18.2 Å². The zero-order valence-electron chi connectivity index (χ0n) is 13.1. The van der Waals surface area contributed by atoms with E-state index in [9.17, 15) is 4.79 Å².